The highest BCUT2D eigenvalue weighted by molar-refractivity contribution is 9.10. The number of benzene rings is 1. The van der Waals surface area contributed by atoms with Crippen LogP contribution in [0.1, 0.15) is 29.6 Å². The van der Waals surface area contributed by atoms with Crippen LogP contribution < -0.4 is 5.32 Å². The van der Waals surface area contributed by atoms with Gasteiger partial charge in [0.15, 0.2) is 0 Å². The average molecular weight is 384 g/mol. The van der Waals surface area contributed by atoms with Gasteiger partial charge in [-0.3, -0.25) is 4.79 Å². The zero-order chi connectivity index (χ0) is 12.7. The van der Waals surface area contributed by atoms with Crippen LogP contribution in [0.15, 0.2) is 22.7 Å². The second kappa shape index (κ2) is 8.11. The fourth-order valence-corrected chi connectivity index (χ4v) is 2.23. The number of halogens is 3. The van der Waals surface area contributed by atoms with E-state index in [-0.39, 0.29) is 5.91 Å². The molecule has 0 bridgehead atoms. The third-order valence-electron chi connectivity index (χ3n) is 2.28. The molecule has 1 aromatic rings. The molecule has 0 saturated heterocycles. The fourth-order valence-electron chi connectivity index (χ4n) is 1.34. The Morgan fingerprint density at radius 2 is 2.06 bits per heavy atom. The summed E-state index contributed by atoms with van der Waals surface area (Å²) in [5.74, 6) is -0.0544. The average Bonchev–Trinajstić information content (AvgIpc) is 2.32. The Bertz CT molecular complexity index is 385. The van der Waals surface area contributed by atoms with Crippen LogP contribution in [-0.4, -0.2) is 17.8 Å². The van der Waals surface area contributed by atoms with Crippen LogP contribution in [0.3, 0.4) is 0 Å². The molecule has 17 heavy (non-hydrogen) atoms. The highest BCUT2D eigenvalue weighted by Crippen LogP contribution is 2.23. The summed E-state index contributed by atoms with van der Waals surface area (Å²) in [5, 5.41) is 4.52. The van der Waals surface area contributed by atoms with E-state index in [1.807, 2.05) is 0 Å². The molecule has 0 fully saturated rings. The smallest absolute Gasteiger partial charge is 0.251 e. The van der Waals surface area contributed by atoms with E-state index in [2.05, 4.69) is 37.2 Å². The van der Waals surface area contributed by atoms with Crippen molar-refractivity contribution in [1.82, 2.24) is 5.32 Å². The molecule has 0 radical (unpaired) electrons. The van der Waals surface area contributed by atoms with Crippen molar-refractivity contribution in [3.05, 3.63) is 33.3 Å². The molecular weight excluding hydrogens is 369 g/mol. The van der Waals surface area contributed by atoms with Gasteiger partial charge in [-0.05, 0) is 47.0 Å². The lowest BCUT2D eigenvalue weighted by Crippen LogP contribution is -2.24. The Labute approximate surface area is 123 Å². The van der Waals surface area contributed by atoms with Gasteiger partial charge in [0.1, 0.15) is 0 Å². The first-order valence-electron chi connectivity index (χ1n) is 5.44. The summed E-state index contributed by atoms with van der Waals surface area (Å²) in [7, 11) is 0. The summed E-state index contributed by atoms with van der Waals surface area (Å²) in [6, 6.07) is 5.17. The molecule has 0 unspecified atom stereocenters. The molecular formula is C12H14Br2ClNO. The Morgan fingerprint density at radius 1 is 1.29 bits per heavy atom. The van der Waals surface area contributed by atoms with Gasteiger partial charge in [0, 0.05) is 21.9 Å². The van der Waals surface area contributed by atoms with Gasteiger partial charge in [0.25, 0.3) is 5.91 Å². The van der Waals surface area contributed by atoms with Gasteiger partial charge in [-0.25, -0.2) is 0 Å². The number of rotatable bonds is 6. The highest BCUT2D eigenvalue weighted by Gasteiger charge is 2.06. The number of unbranched alkanes of at least 4 members (excludes halogenated alkanes) is 2. The first kappa shape index (κ1) is 15.0. The van der Waals surface area contributed by atoms with Crippen molar-refractivity contribution in [2.75, 3.05) is 11.9 Å². The second-order valence-corrected chi connectivity index (χ2v) is 5.69. The Hall–Kier alpha value is -0.0600. The van der Waals surface area contributed by atoms with Crippen LogP contribution in [0.2, 0.25) is 5.02 Å². The zero-order valence-corrected chi connectivity index (χ0v) is 13.2. The van der Waals surface area contributed by atoms with Crippen molar-refractivity contribution in [1.29, 1.82) is 0 Å². The molecule has 94 valence electrons. The highest BCUT2D eigenvalue weighted by atomic mass is 79.9. The maximum Gasteiger partial charge on any atom is 0.251 e. The van der Waals surface area contributed by atoms with Crippen LogP contribution in [0.4, 0.5) is 0 Å². The summed E-state index contributed by atoms with van der Waals surface area (Å²) < 4.78 is 0.742. The molecule has 1 N–H and O–H groups in total. The molecule has 0 saturated carbocycles. The maximum atomic E-state index is 11.8. The van der Waals surface area contributed by atoms with Crippen molar-refractivity contribution in [2.45, 2.75) is 19.3 Å². The van der Waals surface area contributed by atoms with Crippen molar-refractivity contribution >= 4 is 49.4 Å². The van der Waals surface area contributed by atoms with E-state index in [0.717, 1.165) is 29.1 Å². The normalized spacial score (nSPS) is 10.3. The van der Waals surface area contributed by atoms with Crippen LogP contribution in [0, 0.1) is 0 Å². The predicted molar refractivity (Wildman–Crippen MR) is 79.1 cm³/mol. The van der Waals surface area contributed by atoms with Gasteiger partial charge in [-0.15, -0.1) is 0 Å². The van der Waals surface area contributed by atoms with Gasteiger partial charge in [0.05, 0.1) is 5.02 Å². The minimum Gasteiger partial charge on any atom is -0.352 e. The van der Waals surface area contributed by atoms with E-state index in [1.165, 1.54) is 0 Å². The molecule has 0 aromatic heterocycles. The standard InChI is InChI=1S/C12H14Br2ClNO/c13-6-2-1-3-7-16-12(17)9-4-5-11(15)10(14)8-9/h4-5,8H,1-3,6-7H2,(H,16,17). The van der Waals surface area contributed by atoms with Crippen LogP contribution in [-0.2, 0) is 0 Å². The summed E-state index contributed by atoms with van der Waals surface area (Å²) in [4.78, 5) is 11.8. The summed E-state index contributed by atoms with van der Waals surface area (Å²) in [6.45, 7) is 0.714. The molecule has 0 atom stereocenters. The number of hydrogen-bond donors (Lipinski definition) is 1. The fraction of sp³-hybridized carbons (Fsp3) is 0.417. The molecule has 1 amide bonds. The molecule has 0 aliphatic carbocycles. The Morgan fingerprint density at radius 3 is 2.71 bits per heavy atom. The second-order valence-electron chi connectivity index (χ2n) is 3.63. The lowest BCUT2D eigenvalue weighted by Gasteiger charge is -2.05. The molecule has 2 nitrogen and oxygen atoms in total. The van der Waals surface area contributed by atoms with E-state index < -0.39 is 0 Å². The molecule has 1 rings (SSSR count). The van der Waals surface area contributed by atoms with Crippen molar-refractivity contribution in [3.63, 3.8) is 0 Å². The predicted octanol–water partition coefficient (Wildman–Crippen LogP) is 4.40. The van der Waals surface area contributed by atoms with Gasteiger partial charge in [-0.2, -0.15) is 0 Å². The van der Waals surface area contributed by atoms with E-state index in [9.17, 15) is 4.79 Å². The number of nitrogens with one attached hydrogen (secondary N) is 1. The van der Waals surface area contributed by atoms with E-state index in [4.69, 9.17) is 11.6 Å². The minimum atomic E-state index is -0.0544. The van der Waals surface area contributed by atoms with E-state index >= 15 is 0 Å². The molecule has 0 heterocycles. The molecule has 0 aliphatic rings. The minimum absolute atomic E-state index is 0.0544. The zero-order valence-electron chi connectivity index (χ0n) is 9.31. The third kappa shape index (κ3) is 5.40. The number of hydrogen-bond acceptors (Lipinski definition) is 1. The maximum absolute atomic E-state index is 11.8. The molecule has 5 heteroatoms. The molecule has 1 aromatic carbocycles. The topological polar surface area (TPSA) is 29.1 Å². The van der Waals surface area contributed by atoms with E-state index in [0.29, 0.717) is 17.1 Å². The molecule has 0 aliphatic heterocycles. The first-order chi connectivity index (χ1) is 8.15. The van der Waals surface area contributed by atoms with Gasteiger partial charge < -0.3 is 5.32 Å². The Kier molecular flexibility index (Phi) is 7.16. The lowest BCUT2D eigenvalue weighted by atomic mass is 10.2. The monoisotopic (exact) mass is 381 g/mol. The van der Waals surface area contributed by atoms with Gasteiger partial charge in [0.2, 0.25) is 0 Å². The summed E-state index contributed by atoms with van der Waals surface area (Å²) in [5.41, 5.74) is 0.627. The molecule has 0 spiro atoms. The van der Waals surface area contributed by atoms with Crippen molar-refractivity contribution in [2.24, 2.45) is 0 Å². The number of alkyl halides is 1. The number of carbonyl (C=O) groups is 1. The summed E-state index contributed by atoms with van der Waals surface area (Å²) in [6.07, 6.45) is 3.27. The van der Waals surface area contributed by atoms with Crippen LogP contribution in [0.5, 0.6) is 0 Å². The largest absolute Gasteiger partial charge is 0.352 e. The van der Waals surface area contributed by atoms with Gasteiger partial charge >= 0.3 is 0 Å². The van der Waals surface area contributed by atoms with Gasteiger partial charge in [-0.1, -0.05) is 34.0 Å². The van der Waals surface area contributed by atoms with Crippen LogP contribution in [0.25, 0.3) is 0 Å². The summed E-state index contributed by atoms with van der Waals surface area (Å²) >= 11 is 12.5. The Balaban J connectivity index is 2.39. The number of amides is 1. The quantitative estimate of drug-likeness (QED) is 0.573. The van der Waals surface area contributed by atoms with Crippen molar-refractivity contribution in [3.8, 4) is 0 Å². The van der Waals surface area contributed by atoms with Crippen LogP contribution >= 0.6 is 43.5 Å². The lowest BCUT2D eigenvalue weighted by molar-refractivity contribution is 0.0953. The SMILES string of the molecule is O=C(NCCCCCBr)c1ccc(Cl)c(Br)c1. The first-order valence-corrected chi connectivity index (χ1v) is 7.73. The third-order valence-corrected chi connectivity index (χ3v) is 4.05. The van der Waals surface area contributed by atoms with Crippen molar-refractivity contribution < 1.29 is 4.79 Å². The number of carbonyl (C=O) groups excluding carboxylic acids is 1. The van der Waals surface area contributed by atoms with E-state index in [1.54, 1.807) is 18.2 Å².